The number of hydrogen-bond donors (Lipinski definition) is 8. The molecule has 37 nitrogen and oxygen atoms in total. The lowest BCUT2D eigenvalue weighted by atomic mass is 9.75. The molecule has 2 aromatic carbocycles. The molecular formula is C58H84N7O30P2S4-3. The number of phosphoric acid groups is 2. The number of phosphoric ester groups is 2. The van der Waals surface area contributed by atoms with Gasteiger partial charge in [0.05, 0.1) is 102 Å². The predicted molar refractivity (Wildman–Crippen MR) is 351 cm³/mol. The number of aliphatic hydroxyl groups is 1. The molecule has 43 heteroatoms. The highest BCUT2D eigenvalue weighted by Crippen LogP contribution is 2.49. The third-order valence-corrected chi connectivity index (χ3v) is 20.6. The lowest BCUT2D eigenvalue weighted by molar-refractivity contribution is -0.438. The van der Waals surface area contributed by atoms with Crippen LogP contribution in [0.1, 0.15) is 100.0 Å². The van der Waals surface area contributed by atoms with Crippen LogP contribution in [0.3, 0.4) is 0 Å². The highest BCUT2D eigenvalue weighted by atomic mass is 32.2. The van der Waals surface area contributed by atoms with Gasteiger partial charge in [-0.2, -0.15) is 9.56 Å². The Morgan fingerprint density at radius 3 is 1.99 bits per heavy atom. The van der Waals surface area contributed by atoms with Gasteiger partial charge < -0.3 is 92.6 Å². The normalized spacial score (nSPS) is 20.2. The summed E-state index contributed by atoms with van der Waals surface area (Å²) in [4.78, 5) is 79.2. The van der Waals surface area contributed by atoms with Gasteiger partial charge in [-0.15, -0.1) is 0 Å². The Hall–Kier alpha value is -5.41. The SMILES string of the molecule is COCCN1/C(=C/C=C/C2=[N+](CCCCCC(=O)NCCOCCOCCOCCOCCC(=O)NCCCc3cn([C@@H]4O[C@H](COP(=O)(O)O)[C@H](OP(=O)(O)O)C4O)c(=O)nc3N)c3ccc(S(=O)(=O)[O-])cc3C2(C)CCCS(=O)(=O)[O-])C(CCCS(=O)(=O)[O-])c2cc(S(=O)(=O)[O-])ccc21. The summed E-state index contributed by atoms with van der Waals surface area (Å²) >= 11 is 0. The monoisotopic (exact) mass is 1550 g/mol. The van der Waals surface area contributed by atoms with Gasteiger partial charge in [0, 0.05) is 104 Å². The summed E-state index contributed by atoms with van der Waals surface area (Å²) in [6, 6.07) is 7.63. The molecule has 9 N–H and O–H groups in total. The minimum absolute atomic E-state index is 0.0133. The molecule has 6 rings (SSSR count). The van der Waals surface area contributed by atoms with Crippen molar-refractivity contribution in [3.8, 4) is 0 Å². The van der Waals surface area contributed by atoms with E-state index in [1.807, 2.05) is 4.58 Å². The number of anilines is 2. The Labute approximate surface area is 583 Å². The first-order valence-electron chi connectivity index (χ1n) is 31.7. The van der Waals surface area contributed by atoms with E-state index in [2.05, 4.69) is 24.7 Å². The number of rotatable bonds is 46. The first-order chi connectivity index (χ1) is 47.3. The van der Waals surface area contributed by atoms with Crippen molar-refractivity contribution in [1.82, 2.24) is 20.2 Å². The maximum atomic E-state index is 12.8. The zero-order valence-electron chi connectivity index (χ0n) is 55.1. The van der Waals surface area contributed by atoms with Crippen LogP contribution in [0, 0.1) is 0 Å². The van der Waals surface area contributed by atoms with E-state index in [4.69, 9.17) is 43.9 Å². The standard InChI is InChI=1S/C58H87N7O30P2S4/c1-58(20-9-35-99(79,80)81)45-37-42(101(85,86)87)16-18-48(45)64(50(58)13-6-12-46-43(11-8-34-98(76,77)78)44-36-41(100(82,83)84)15-17-47(44)63(46)24-27-88-2)23-5-3-4-14-51(66)61-22-26-90-29-31-92-33-32-91-30-28-89-25-19-52(67)60-21-7-10-40-38-65(57(69)62-55(40)59)56-53(68)54(95-97(73,74)75)49(94-56)39-93-96(70,71)72/h6,12-13,15-18,36-38,43,49,53-54,56,68H,3-5,7-11,14,19-35,39H2,1-2H3,(H11-,59,60,61,62,66,67,69,70,71,72,73,74,75,76,77,78,79,80,81,82,83,84,85,86,87)/p-3/t43?,49-,53?,54+,56-,58?/m1/s1. The Morgan fingerprint density at radius 2 is 1.37 bits per heavy atom. The molecule has 1 fully saturated rings. The molecule has 0 saturated carbocycles. The van der Waals surface area contributed by atoms with E-state index in [0.717, 1.165) is 16.7 Å². The number of methoxy groups -OCH3 is 1. The highest BCUT2D eigenvalue weighted by molar-refractivity contribution is 7.86. The van der Waals surface area contributed by atoms with Gasteiger partial charge in [-0.25, -0.2) is 47.6 Å². The number of nitrogens with zero attached hydrogens (tertiary/aromatic N) is 4. The minimum Gasteiger partial charge on any atom is -0.748 e. The van der Waals surface area contributed by atoms with Gasteiger partial charge in [-0.05, 0) is 100 Å². The number of nitrogens with two attached hydrogens (primary N) is 1. The molecule has 0 spiro atoms. The molecule has 3 aliphatic rings. The van der Waals surface area contributed by atoms with Crippen LogP contribution in [0.5, 0.6) is 0 Å². The summed E-state index contributed by atoms with van der Waals surface area (Å²) in [5.74, 6) is -2.99. The molecule has 568 valence electrons. The Kier molecular flexibility index (Phi) is 31.8. The van der Waals surface area contributed by atoms with Crippen LogP contribution in [-0.4, -0.2) is 237 Å². The number of aliphatic hydroxyl groups excluding tert-OH is 1. The Balaban J connectivity index is 0.906. The average Bonchev–Trinajstić information content (AvgIpc) is 1.58. The number of amides is 2. The molecule has 1 saturated heterocycles. The van der Waals surface area contributed by atoms with E-state index in [1.54, 1.807) is 30.1 Å². The van der Waals surface area contributed by atoms with Crippen LogP contribution in [0.15, 0.2) is 81.1 Å². The third-order valence-electron chi connectivity index (χ3n) is 16.3. The van der Waals surface area contributed by atoms with Crippen LogP contribution in [-0.2, 0) is 108 Å². The number of ether oxygens (including phenoxy) is 6. The molecule has 0 radical (unpaired) electrons. The van der Waals surface area contributed by atoms with Gasteiger partial charge in [0.25, 0.3) is 0 Å². The first kappa shape index (κ1) is 84.5. The van der Waals surface area contributed by atoms with Gasteiger partial charge in [-0.1, -0.05) is 6.08 Å². The number of allylic oxidation sites excluding steroid dienone is 4. The van der Waals surface area contributed by atoms with E-state index in [1.165, 1.54) is 37.6 Å². The Bertz CT molecular complexity index is 4080. The van der Waals surface area contributed by atoms with Crippen LogP contribution < -0.4 is 27.0 Å². The van der Waals surface area contributed by atoms with Crippen molar-refractivity contribution in [1.29, 1.82) is 0 Å². The van der Waals surface area contributed by atoms with Crippen LogP contribution in [0.4, 0.5) is 17.2 Å². The summed E-state index contributed by atoms with van der Waals surface area (Å²) in [6.45, 7) is 3.34. The smallest absolute Gasteiger partial charge is 0.470 e. The summed E-state index contributed by atoms with van der Waals surface area (Å²) in [5.41, 5.74) is 6.65. The largest absolute Gasteiger partial charge is 0.748 e. The van der Waals surface area contributed by atoms with Gasteiger partial charge >= 0.3 is 21.3 Å². The van der Waals surface area contributed by atoms with Crippen molar-refractivity contribution < 1.29 is 137 Å². The zero-order chi connectivity index (χ0) is 74.6. The number of nitrogen functional groups attached to an aromatic ring is 1. The minimum atomic E-state index is -5.29. The second kappa shape index (κ2) is 38.0. The molecule has 101 heavy (non-hydrogen) atoms. The fourth-order valence-corrected chi connectivity index (χ4v) is 14.6. The second-order valence-corrected chi connectivity index (χ2v) is 31.9. The van der Waals surface area contributed by atoms with Crippen molar-refractivity contribution in [2.75, 3.05) is 121 Å². The van der Waals surface area contributed by atoms with Gasteiger partial charge in [-0.3, -0.25) is 23.2 Å². The van der Waals surface area contributed by atoms with E-state index >= 15 is 0 Å². The lowest BCUT2D eigenvalue weighted by Crippen LogP contribution is -2.38. The molecule has 3 aliphatic heterocycles. The highest BCUT2D eigenvalue weighted by Gasteiger charge is 2.50. The predicted octanol–water partition coefficient (Wildman–Crippen LogP) is 0.0587. The number of carbonyl (C=O) groups is 2. The van der Waals surface area contributed by atoms with E-state index in [0.29, 0.717) is 59.6 Å². The van der Waals surface area contributed by atoms with Gasteiger partial charge in [0.1, 0.15) is 50.9 Å². The molecule has 3 aromatic rings. The molecule has 3 unspecified atom stereocenters. The lowest BCUT2D eigenvalue weighted by Gasteiger charge is -2.24. The van der Waals surface area contributed by atoms with Crippen molar-refractivity contribution in [3.05, 3.63) is 93.7 Å². The van der Waals surface area contributed by atoms with Gasteiger partial charge in [0.15, 0.2) is 11.9 Å². The van der Waals surface area contributed by atoms with Crippen LogP contribution in [0.2, 0.25) is 0 Å². The number of benzene rings is 2. The van der Waals surface area contributed by atoms with Gasteiger partial charge in [0.2, 0.25) is 17.5 Å². The summed E-state index contributed by atoms with van der Waals surface area (Å²) in [5, 5.41) is 16.3. The molecule has 0 aliphatic carbocycles. The summed E-state index contributed by atoms with van der Waals surface area (Å²) in [7, 11) is -28.2. The number of carbonyl (C=O) groups excluding carboxylic acids is 2. The molecule has 4 heterocycles. The van der Waals surface area contributed by atoms with Crippen molar-refractivity contribution in [3.63, 3.8) is 0 Å². The quantitative estimate of drug-likeness (QED) is 0.0160. The topological polar surface area (TPSA) is 563 Å². The first-order valence-corrected chi connectivity index (χ1v) is 40.7. The van der Waals surface area contributed by atoms with E-state index in [-0.39, 0.29) is 154 Å². The maximum absolute atomic E-state index is 12.8. The van der Waals surface area contributed by atoms with E-state index in [9.17, 15) is 90.3 Å². The Morgan fingerprint density at radius 1 is 0.762 bits per heavy atom. The molecule has 2 amide bonds. The fraction of sp³-hybridized carbons (Fsp3) is 0.603. The third kappa shape index (κ3) is 26.9. The summed E-state index contributed by atoms with van der Waals surface area (Å²) in [6.07, 6.45) is 0.720. The van der Waals surface area contributed by atoms with Crippen LogP contribution >= 0.6 is 15.6 Å². The number of aromatic nitrogens is 2. The van der Waals surface area contributed by atoms with Crippen molar-refractivity contribution in [2.45, 2.75) is 123 Å². The number of hydrogen-bond acceptors (Lipinski definition) is 29. The van der Waals surface area contributed by atoms with Crippen molar-refractivity contribution in [2.24, 2.45) is 0 Å². The number of fused-ring (bicyclic) bond motifs is 2. The number of nitrogens with one attached hydrogen (secondary N) is 2. The van der Waals surface area contributed by atoms with Crippen LogP contribution in [0.25, 0.3) is 0 Å². The second-order valence-electron chi connectivity index (χ2n) is 23.7. The summed E-state index contributed by atoms with van der Waals surface area (Å²) < 4.78 is 212. The zero-order valence-corrected chi connectivity index (χ0v) is 60.1. The fourth-order valence-electron chi connectivity index (χ4n) is 11.7. The number of unbranched alkanes of at least 4 members (excludes halogenated alkanes) is 2. The van der Waals surface area contributed by atoms with Crippen molar-refractivity contribution >= 4 is 90.8 Å². The molecule has 1 aromatic heterocycles. The number of aryl methyl sites for hydroxylation is 1. The molecular weight excluding hydrogens is 1460 g/mol. The molecule has 0 bridgehead atoms. The maximum Gasteiger partial charge on any atom is 0.470 e. The molecule has 6 atom stereocenters. The average molecular weight is 1550 g/mol. The van der Waals surface area contributed by atoms with E-state index < -0.39 is 126 Å².